The van der Waals surface area contributed by atoms with Crippen LogP contribution < -0.4 is 9.47 Å². The van der Waals surface area contributed by atoms with Crippen molar-refractivity contribution in [1.82, 2.24) is 9.88 Å². The second-order valence-corrected chi connectivity index (χ2v) is 6.77. The summed E-state index contributed by atoms with van der Waals surface area (Å²) >= 11 is 1.52. The van der Waals surface area contributed by atoms with Crippen molar-refractivity contribution in [3.63, 3.8) is 0 Å². The number of nitrogens with zero attached hydrogens (tertiary/aromatic N) is 2. The molecular formula is C18H22N2O4S. The van der Waals surface area contributed by atoms with Crippen LogP contribution in [0.4, 0.5) is 0 Å². The van der Waals surface area contributed by atoms with E-state index in [9.17, 15) is 4.79 Å². The molecule has 2 aromatic rings. The maximum Gasteiger partial charge on any atom is 0.228 e. The number of aromatic nitrogens is 1. The highest BCUT2D eigenvalue weighted by Gasteiger charge is 2.22. The Morgan fingerprint density at radius 3 is 2.88 bits per heavy atom. The van der Waals surface area contributed by atoms with Gasteiger partial charge in [0.25, 0.3) is 0 Å². The first-order valence-electron chi connectivity index (χ1n) is 8.17. The van der Waals surface area contributed by atoms with Gasteiger partial charge in [0.15, 0.2) is 11.5 Å². The first-order chi connectivity index (χ1) is 12.1. The molecule has 1 aliphatic heterocycles. The van der Waals surface area contributed by atoms with E-state index in [2.05, 4.69) is 4.98 Å². The summed E-state index contributed by atoms with van der Waals surface area (Å²) in [5.41, 5.74) is 1.74. The highest BCUT2D eigenvalue weighted by atomic mass is 32.1. The van der Waals surface area contributed by atoms with Crippen LogP contribution in [0.3, 0.4) is 0 Å². The quantitative estimate of drug-likeness (QED) is 0.818. The average Bonchev–Trinajstić information content (AvgIpc) is 3.09. The number of ether oxygens (including phenoxy) is 3. The fourth-order valence-corrected chi connectivity index (χ4v) is 3.62. The summed E-state index contributed by atoms with van der Waals surface area (Å²) in [7, 11) is 3.22. The van der Waals surface area contributed by atoms with E-state index in [-0.39, 0.29) is 12.0 Å². The van der Waals surface area contributed by atoms with Crippen LogP contribution in [-0.2, 0) is 16.0 Å². The Hall–Kier alpha value is -2.12. The van der Waals surface area contributed by atoms with Gasteiger partial charge in [0.05, 0.1) is 39.0 Å². The second-order valence-electron chi connectivity index (χ2n) is 5.91. The maximum absolute atomic E-state index is 12.4. The van der Waals surface area contributed by atoms with Crippen molar-refractivity contribution in [1.29, 1.82) is 0 Å². The third-order valence-corrected chi connectivity index (χ3v) is 5.05. The molecule has 1 atom stereocenters. The van der Waals surface area contributed by atoms with Crippen LogP contribution in [0.15, 0.2) is 23.6 Å². The number of hydrogen-bond donors (Lipinski definition) is 0. The van der Waals surface area contributed by atoms with Crippen molar-refractivity contribution in [2.24, 2.45) is 0 Å². The normalized spacial score (nSPS) is 17.4. The van der Waals surface area contributed by atoms with Crippen LogP contribution >= 0.6 is 11.3 Å². The first kappa shape index (κ1) is 17.7. The summed E-state index contributed by atoms with van der Waals surface area (Å²) in [6, 6.07) is 5.69. The summed E-state index contributed by atoms with van der Waals surface area (Å²) in [5.74, 6) is 1.44. The molecule has 7 heteroatoms. The molecule has 0 N–H and O–H groups in total. The molecule has 0 radical (unpaired) electrons. The van der Waals surface area contributed by atoms with Crippen LogP contribution in [0.25, 0.3) is 10.6 Å². The molecule has 0 aliphatic carbocycles. The summed E-state index contributed by atoms with van der Waals surface area (Å²) < 4.78 is 16.1. The van der Waals surface area contributed by atoms with Gasteiger partial charge in [-0.3, -0.25) is 4.79 Å². The SMILES string of the molecule is COc1ccc(-c2nc(CC(=O)N3CCO[C@@H](C)C3)cs2)cc1OC. The lowest BCUT2D eigenvalue weighted by Gasteiger charge is -2.31. The van der Waals surface area contributed by atoms with Crippen molar-refractivity contribution in [2.75, 3.05) is 33.9 Å². The van der Waals surface area contributed by atoms with Crippen LogP contribution in [0.2, 0.25) is 0 Å². The Kier molecular flexibility index (Phi) is 5.55. The van der Waals surface area contributed by atoms with Gasteiger partial charge in [0.1, 0.15) is 5.01 Å². The zero-order chi connectivity index (χ0) is 17.8. The largest absolute Gasteiger partial charge is 0.493 e. The minimum Gasteiger partial charge on any atom is -0.493 e. The predicted octanol–water partition coefficient (Wildman–Crippen LogP) is 2.62. The molecule has 134 valence electrons. The summed E-state index contributed by atoms with van der Waals surface area (Å²) in [5, 5.41) is 2.80. The molecule has 0 spiro atoms. The third-order valence-electron chi connectivity index (χ3n) is 4.11. The summed E-state index contributed by atoms with van der Waals surface area (Å²) in [6.45, 7) is 3.87. The highest BCUT2D eigenvalue weighted by molar-refractivity contribution is 7.13. The van der Waals surface area contributed by atoms with Crippen molar-refractivity contribution >= 4 is 17.2 Å². The van der Waals surface area contributed by atoms with Gasteiger partial charge in [-0.15, -0.1) is 11.3 Å². The number of hydrogen-bond acceptors (Lipinski definition) is 6. The number of morpholine rings is 1. The highest BCUT2D eigenvalue weighted by Crippen LogP contribution is 2.33. The lowest BCUT2D eigenvalue weighted by atomic mass is 10.2. The smallest absolute Gasteiger partial charge is 0.228 e. The van der Waals surface area contributed by atoms with Crippen LogP contribution in [0, 0.1) is 0 Å². The number of rotatable bonds is 5. The molecule has 2 heterocycles. The molecule has 0 bridgehead atoms. The molecule has 1 aromatic heterocycles. The van der Waals surface area contributed by atoms with E-state index in [0.717, 1.165) is 16.3 Å². The average molecular weight is 362 g/mol. The molecule has 3 rings (SSSR count). The van der Waals surface area contributed by atoms with E-state index in [1.54, 1.807) is 14.2 Å². The van der Waals surface area contributed by atoms with Gasteiger partial charge in [-0.2, -0.15) is 0 Å². The molecule has 1 aliphatic rings. The van der Waals surface area contributed by atoms with Crippen LogP contribution in [0.1, 0.15) is 12.6 Å². The van der Waals surface area contributed by atoms with E-state index in [0.29, 0.717) is 37.6 Å². The number of thiazole rings is 1. The van der Waals surface area contributed by atoms with E-state index in [1.165, 1.54) is 11.3 Å². The monoisotopic (exact) mass is 362 g/mol. The molecule has 25 heavy (non-hydrogen) atoms. The zero-order valence-electron chi connectivity index (χ0n) is 14.7. The lowest BCUT2D eigenvalue weighted by Crippen LogP contribution is -2.45. The zero-order valence-corrected chi connectivity index (χ0v) is 15.5. The number of carbonyl (C=O) groups is 1. The number of amides is 1. The predicted molar refractivity (Wildman–Crippen MR) is 96.4 cm³/mol. The van der Waals surface area contributed by atoms with Gasteiger partial charge in [-0.05, 0) is 25.1 Å². The van der Waals surface area contributed by atoms with E-state index >= 15 is 0 Å². The van der Waals surface area contributed by atoms with Gasteiger partial charge in [-0.25, -0.2) is 4.98 Å². The maximum atomic E-state index is 12.4. The Morgan fingerprint density at radius 2 is 2.16 bits per heavy atom. The number of carbonyl (C=O) groups excluding carboxylic acids is 1. The third kappa shape index (κ3) is 4.11. The minimum atomic E-state index is 0.0930. The summed E-state index contributed by atoms with van der Waals surface area (Å²) in [6.07, 6.45) is 0.409. The van der Waals surface area contributed by atoms with Crippen LogP contribution in [0.5, 0.6) is 11.5 Å². The van der Waals surface area contributed by atoms with Gasteiger partial charge in [-0.1, -0.05) is 0 Å². The van der Waals surface area contributed by atoms with Gasteiger partial charge < -0.3 is 19.1 Å². The Labute approximate surface area is 151 Å². The summed E-state index contributed by atoms with van der Waals surface area (Å²) in [4.78, 5) is 18.9. The van der Waals surface area contributed by atoms with Crippen molar-refractivity contribution in [3.05, 3.63) is 29.3 Å². The molecule has 1 aromatic carbocycles. The van der Waals surface area contributed by atoms with Crippen LogP contribution in [-0.4, -0.2) is 55.8 Å². The molecule has 1 fully saturated rings. The standard InChI is InChI=1S/C18H22N2O4S/c1-12-10-20(6-7-24-12)17(21)9-14-11-25-18(19-14)13-4-5-15(22-2)16(8-13)23-3/h4-5,8,11-12H,6-7,9-10H2,1-3H3/t12-/m0/s1. The molecular weight excluding hydrogens is 340 g/mol. The van der Waals surface area contributed by atoms with Gasteiger partial charge in [0, 0.05) is 24.0 Å². The Balaban J connectivity index is 1.71. The molecule has 0 unspecified atom stereocenters. The van der Waals surface area contributed by atoms with Gasteiger partial charge in [0.2, 0.25) is 5.91 Å². The van der Waals surface area contributed by atoms with Crippen molar-refractivity contribution < 1.29 is 19.0 Å². The topological polar surface area (TPSA) is 60.9 Å². The molecule has 1 saturated heterocycles. The second kappa shape index (κ2) is 7.84. The molecule has 6 nitrogen and oxygen atoms in total. The number of methoxy groups -OCH3 is 2. The van der Waals surface area contributed by atoms with Gasteiger partial charge >= 0.3 is 0 Å². The van der Waals surface area contributed by atoms with Crippen molar-refractivity contribution in [3.8, 4) is 22.1 Å². The van der Waals surface area contributed by atoms with E-state index < -0.39 is 0 Å². The number of benzene rings is 1. The fraction of sp³-hybridized carbons (Fsp3) is 0.444. The Bertz CT molecular complexity index is 746. The lowest BCUT2D eigenvalue weighted by molar-refractivity contribution is -0.137. The Morgan fingerprint density at radius 1 is 1.36 bits per heavy atom. The van der Waals surface area contributed by atoms with E-state index in [1.807, 2.05) is 35.4 Å². The molecule has 0 saturated carbocycles. The fourth-order valence-electron chi connectivity index (χ4n) is 2.80. The van der Waals surface area contributed by atoms with Crippen molar-refractivity contribution in [2.45, 2.75) is 19.4 Å². The molecule has 1 amide bonds. The minimum absolute atomic E-state index is 0.0930. The van der Waals surface area contributed by atoms with E-state index in [4.69, 9.17) is 14.2 Å². The first-order valence-corrected chi connectivity index (χ1v) is 9.05.